The first-order valence-corrected chi connectivity index (χ1v) is 7.19. The van der Waals surface area contributed by atoms with Crippen molar-refractivity contribution in [2.45, 2.75) is 32.4 Å². The molecular weight excluding hydrogens is 232 g/mol. The van der Waals surface area contributed by atoms with Crippen LogP contribution in [-0.2, 0) is 6.54 Å². The second-order valence-electron chi connectivity index (χ2n) is 4.83. The fraction of sp³-hybridized carbons (Fsp3) is 0.750. The Morgan fingerprint density at radius 2 is 2.35 bits per heavy atom. The standard InChI is InChI=1S/C12H22N4S/c1-3-11-8-15(2)5-4-6-16(11)7-10-9-17-12(13)14-10/h9,11H,3-8H2,1-2H3,(H2,13,14). The first-order chi connectivity index (χ1) is 8.19. The molecule has 2 rings (SSSR count). The van der Waals surface area contributed by atoms with Gasteiger partial charge in [-0.1, -0.05) is 6.92 Å². The summed E-state index contributed by atoms with van der Waals surface area (Å²) < 4.78 is 0. The van der Waals surface area contributed by atoms with E-state index in [2.05, 4.69) is 34.1 Å². The number of hydrogen-bond donors (Lipinski definition) is 1. The molecule has 2 N–H and O–H groups in total. The van der Waals surface area contributed by atoms with Crippen LogP contribution in [-0.4, -0.2) is 47.5 Å². The molecule has 1 atom stereocenters. The third-order valence-corrected chi connectivity index (χ3v) is 4.15. The Morgan fingerprint density at radius 1 is 1.53 bits per heavy atom. The van der Waals surface area contributed by atoms with E-state index in [9.17, 15) is 0 Å². The van der Waals surface area contributed by atoms with Crippen LogP contribution < -0.4 is 5.73 Å². The number of nitrogen functional groups attached to an aromatic ring is 1. The molecule has 0 spiro atoms. The summed E-state index contributed by atoms with van der Waals surface area (Å²) in [5, 5.41) is 2.76. The largest absolute Gasteiger partial charge is 0.375 e. The van der Waals surface area contributed by atoms with Crippen molar-refractivity contribution in [3.8, 4) is 0 Å². The van der Waals surface area contributed by atoms with E-state index < -0.39 is 0 Å². The number of anilines is 1. The SMILES string of the molecule is CCC1CN(C)CCCN1Cc1csc(N)n1. The molecule has 0 bridgehead atoms. The molecule has 1 aliphatic rings. The Hall–Kier alpha value is -0.650. The highest BCUT2D eigenvalue weighted by molar-refractivity contribution is 7.13. The average Bonchev–Trinajstić information content (AvgIpc) is 2.61. The van der Waals surface area contributed by atoms with Crippen molar-refractivity contribution in [3.05, 3.63) is 11.1 Å². The van der Waals surface area contributed by atoms with Crippen molar-refractivity contribution in [2.24, 2.45) is 0 Å². The Kier molecular flexibility index (Phi) is 4.36. The zero-order chi connectivity index (χ0) is 12.3. The third-order valence-electron chi connectivity index (χ3n) is 3.43. The lowest BCUT2D eigenvalue weighted by molar-refractivity contribution is 0.174. The van der Waals surface area contributed by atoms with Crippen LogP contribution in [0.3, 0.4) is 0 Å². The van der Waals surface area contributed by atoms with Gasteiger partial charge in [-0.05, 0) is 26.4 Å². The predicted octanol–water partition coefficient (Wildman–Crippen LogP) is 1.64. The van der Waals surface area contributed by atoms with Gasteiger partial charge in [0.25, 0.3) is 0 Å². The summed E-state index contributed by atoms with van der Waals surface area (Å²) in [6.45, 7) is 6.74. The molecule has 1 aromatic rings. The second-order valence-corrected chi connectivity index (χ2v) is 5.72. The molecule has 1 saturated heterocycles. The summed E-state index contributed by atoms with van der Waals surface area (Å²) >= 11 is 1.54. The van der Waals surface area contributed by atoms with E-state index in [1.54, 1.807) is 0 Å². The number of thiazole rings is 1. The molecule has 0 aliphatic carbocycles. The van der Waals surface area contributed by atoms with Crippen molar-refractivity contribution in [1.29, 1.82) is 0 Å². The number of rotatable bonds is 3. The predicted molar refractivity (Wildman–Crippen MR) is 73.1 cm³/mol. The van der Waals surface area contributed by atoms with Gasteiger partial charge < -0.3 is 10.6 Å². The van der Waals surface area contributed by atoms with Gasteiger partial charge in [-0.3, -0.25) is 4.90 Å². The monoisotopic (exact) mass is 254 g/mol. The Balaban J connectivity index is 2.01. The smallest absolute Gasteiger partial charge is 0.180 e. The van der Waals surface area contributed by atoms with Crippen LogP contribution in [0.1, 0.15) is 25.5 Å². The van der Waals surface area contributed by atoms with E-state index in [4.69, 9.17) is 5.73 Å². The summed E-state index contributed by atoms with van der Waals surface area (Å²) in [4.78, 5) is 9.35. The summed E-state index contributed by atoms with van der Waals surface area (Å²) in [7, 11) is 2.22. The van der Waals surface area contributed by atoms with Gasteiger partial charge in [-0.2, -0.15) is 0 Å². The highest BCUT2D eigenvalue weighted by Gasteiger charge is 2.22. The van der Waals surface area contributed by atoms with Crippen molar-refractivity contribution in [2.75, 3.05) is 32.4 Å². The van der Waals surface area contributed by atoms with Crippen LogP contribution in [0.25, 0.3) is 0 Å². The third kappa shape index (κ3) is 3.40. The number of nitrogens with zero attached hydrogens (tertiary/aromatic N) is 3. The molecule has 0 aromatic carbocycles. The maximum Gasteiger partial charge on any atom is 0.180 e. The molecule has 0 amide bonds. The fourth-order valence-corrected chi connectivity index (χ4v) is 3.05. The van der Waals surface area contributed by atoms with Gasteiger partial charge in [0.15, 0.2) is 5.13 Å². The van der Waals surface area contributed by atoms with Crippen LogP contribution in [0.2, 0.25) is 0 Å². The number of likely N-dealkylation sites (N-methyl/N-ethyl adjacent to an activating group) is 1. The van der Waals surface area contributed by atoms with Crippen molar-refractivity contribution in [1.82, 2.24) is 14.8 Å². The number of hydrogen-bond acceptors (Lipinski definition) is 5. The zero-order valence-electron chi connectivity index (χ0n) is 10.7. The van der Waals surface area contributed by atoms with Crippen molar-refractivity contribution < 1.29 is 0 Å². The first-order valence-electron chi connectivity index (χ1n) is 6.31. The van der Waals surface area contributed by atoms with Gasteiger partial charge in [-0.15, -0.1) is 11.3 Å². The highest BCUT2D eigenvalue weighted by atomic mass is 32.1. The van der Waals surface area contributed by atoms with E-state index in [1.165, 1.54) is 37.3 Å². The lowest BCUT2D eigenvalue weighted by Gasteiger charge is -2.29. The van der Waals surface area contributed by atoms with Crippen LogP contribution in [0.5, 0.6) is 0 Å². The minimum Gasteiger partial charge on any atom is -0.375 e. The molecule has 5 heteroatoms. The van der Waals surface area contributed by atoms with Crippen LogP contribution >= 0.6 is 11.3 Å². The Labute approximate surface area is 107 Å². The summed E-state index contributed by atoms with van der Waals surface area (Å²) in [6, 6.07) is 0.644. The summed E-state index contributed by atoms with van der Waals surface area (Å²) in [5.41, 5.74) is 6.81. The van der Waals surface area contributed by atoms with Gasteiger partial charge in [0, 0.05) is 31.1 Å². The van der Waals surface area contributed by atoms with E-state index in [-0.39, 0.29) is 0 Å². The maximum atomic E-state index is 5.68. The molecule has 96 valence electrons. The normalized spacial score (nSPS) is 23.8. The van der Waals surface area contributed by atoms with Gasteiger partial charge in [-0.25, -0.2) is 4.98 Å². The van der Waals surface area contributed by atoms with Crippen LogP contribution in [0.4, 0.5) is 5.13 Å². The van der Waals surface area contributed by atoms with Crippen LogP contribution in [0.15, 0.2) is 5.38 Å². The fourth-order valence-electron chi connectivity index (χ4n) is 2.49. The zero-order valence-corrected chi connectivity index (χ0v) is 11.5. The van der Waals surface area contributed by atoms with Gasteiger partial charge in [0.2, 0.25) is 0 Å². The number of nitrogens with two attached hydrogens (primary N) is 1. The molecule has 1 aromatic heterocycles. The average molecular weight is 254 g/mol. The van der Waals surface area contributed by atoms with E-state index in [1.807, 2.05) is 0 Å². The van der Waals surface area contributed by atoms with Crippen molar-refractivity contribution in [3.63, 3.8) is 0 Å². The second kappa shape index (κ2) is 5.80. The summed E-state index contributed by atoms with van der Waals surface area (Å²) in [6.07, 6.45) is 2.44. The molecule has 2 heterocycles. The molecular formula is C12H22N4S. The molecule has 1 aliphatic heterocycles. The Bertz CT molecular complexity index is 352. The molecule has 0 radical (unpaired) electrons. The quantitative estimate of drug-likeness (QED) is 0.891. The maximum absolute atomic E-state index is 5.68. The van der Waals surface area contributed by atoms with Gasteiger partial charge in [0.1, 0.15) is 0 Å². The summed E-state index contributed by atoms with van der Waals surface area (Å²) in [5.74, 6) is 0. The minimum absolute atomic E-state index is 0.644. The lowest BCUT2D eigenvalue weighted by atomic mass is 10.2. The lowest BCUT2D eigenvalue weighted by Crippen LogP contribution is -2.39. The molecule has 0 saturated carbocycles. The van der Waals surface area contributed by atoms with E-state index in [0.717, 1.165) is 18.8 Å². The topological polar surface area (TPSA) is 45.4 Å². The van der Waals surface area contributed by atoms with E-state index >= 15 is 0 Å². The van der Waals surface area contributed by atoms with Crippen molar-refractivity contribution >= 4 is 16.5 Å². The molecule has 17 heavy (non-hydrogen) atoms. The highest BCUT2D eigenvalue weighted by Crippen LogP contribution is 2.18. The molecule has 1 fully saturated rings. The van der Waals surface area contributed by atoms with E-state index in [0.29, 0.717) is 11.2 Å². The Morgan fingerprint density at radius 3 is 3.00 bits per heavy atom. The van der Waals surface area contributed by atoms with Gasteiger partial charge in [0.05, 0.1) is 5.69 Å². The molecule has 1 unspecified atom stereocenters. The first kappa shape index (κ1) is 12.8. The van der Waals surface area contributed by atoms with Gasteiger partial charge >= 0.3 is 0 Å². The van der Waals surface area contributed by atoms with Crippen LogP contribution in [0, 0.1) is 0 Å². The number of aromatic nitrogens is 1. The minimum atomic E-state index is 0.644. The molecule has 4 nitrogen and oxygen atoms in total.